The second-order valence-electron chi connectivity index (χ2n) is 5.37. The van der Waals surface area contributed by atoms with Crippen LogP contribution in [0.15, 0.2) is 24.3 Å². The summed E-state index contributed by atoms with van der Waals surface area (Å²) in [6.07, 6.45) is 1.82. The van der Waals surface area contributed by atoms with E-state index in [4.69, 9.17) is 5.73 Å². The minimum atomic E-state index is -0.289. The number of nitrogens with one attached hydrogen (secondary N) is 1. The molecular formula is C14H21N3O. The summed E-state index contributed by atoms with van der Waals surface area (Å²) in [5, 5.41) is 2.94. The highest BCUT2D eigenvalue weighted by Crippen LogP contribution is 2.45. The SMILES string of the molecule is CN(C)Cc1ccc(NC(=O)C2(CN)CC2)cc1. The molecule has 2 rings (SSSR count). The van der Waals surface area contributed by atoms with Gasteiger partial charge in [-0.05, 0) is 44.6 Å². The Morgan fingerprint density at radius 2 is 1.94 bits per heavy atom. The molecule has 0 unspecified atom stereocenters. The van der Waals surface area contributed by atoms with Crippen molar-refractivity contribution in [2.45, 2.75) is 19.4 Å². The summed E-state index contributed by atoms with van der Waals surface area (Å²) in [5.74, 6) is 0.0605. The van der Waals surface area contributed by atoms with E-state index >= 15 is 0 Å². The number of amides is 1. The molecule has 0 spiro atoms. The van der Waals surface area contributed by atoms with E-state index in [1.165, 1.54) is 5.56 Å². The molecule has 4 heteroatoms. The Morgan fingerprint density at radius 3 is 2.39 bits per heavy atom. The van der Waals surface area contributed by atoms with Crippen LogP contribution in [0, 0.1) is 5.41 Å². The van der Waals surface area contributed by atoms with Crippen LogP contribution in [0.2, 0.25) is 0 Å². The average molecular weight is 247 g/mol. The van der Waals surface area contributed by atoms with Gasteiger partial charge in [-0.2, -0.15) is 0 Å². The average Bonchev–Trinajstić information content (AvgIpc) is 3.12. The van der Waals surface area contributed by atoms with E-state index in [-0.39, 0.29) is 11.3 Å². The first kappa shape index (κ1) is 13.1. The fourth-order valence-electron chi connectivity index (χ4n) is 2.00. The van der Waals surface area contributed by atoms with Crippen LogP contribution in [-0.4, -0.2) is 31.4 Å². The maximum atomic E-state index is 12.0. The van der Waals surface area contributed by atoms with Crippen molar-refractivity contribution in [3.8, 4) is 0 Å². The maximum absolute atomic E-state index is 12.0. The zero-order chi connectivity index (χ0) is 13.2. The topological polar surface area (TPSA) is 58.4 Å². The van der Waals surface area contributed by atoms with Gasteiger partial charge in [-0.25, -0.2) is 0 Å². The second-order valence-corrected chi connectivity index (χ2v) is 5.37. The van der Waals surface area contributed by atoms with Crippen molar-refractivity contribution in [3.05, 3.63) is 29.8 Å². The Balaban J connectivity index is 1.96. The number of hydrogen-bond donors (Lipinski definition) is 2. The summed E-state index contributed by atoms with van der Waals surface area (Å²) in [6, 6.07) is 7.97. The first-order valence-electron chi connectivity index (χ1n) is 6.31. The Labute approximate surface area is 108 Å². The molecule has 0 radical (unpaired) electrons. The van der Waals surface area contributed by atoms with Crippen LogP contribution in [0.4, 0.5) is 5.69 Å². The lowest BCUT2D eigenvalue weighted by Crippen LogP contribution is -2.30. The number of nitrogens with two attached hydrogens (primary N) is 1. The fourth-order valence-corrected chi connectivity index (χ4v) is 2.00. The highest BCUT2D eigenvalue weighted by molar-refractivity contribution is 5.97. The molecule has 0 heterocycles. The van der Waals surface area contributed by atoms with Crippen molar-refractivity contribution >= 4 is 11.6 Å². The van der Waals surface area contributed by atoms with Gasteiger partial charge in [0.25, 0.3) is 0 Å². The summed E-state index contributed by atoms with van der Waals surface area (Å²) in [7, 11) is 4.07. The van der Waals surface area contributed by atoms with Gasteiger partial charge in [-0.3, -0.25) is 4.79 Å². The Hall–Kier alpha value is -1.39. The Morgan fingerprint density at radius 1 is 1.33 bits per heavy atom. The van der Waals surface area contributed by atoms with Crippen molar-refractivity contribution in [3.63, 3.8) is 0 Å². The van der Waals surface area contributed by atoms with E-state index in [9.17, 15) is 4.79 Å². The number of hydrogen-bond acceptors (Lipinski definition) is 3. The van der Waals surface area contributed by atoms with Gasteiger partial charge in [0.15, 0.2) is 0 Å². The summed E-state index contributed by atoms with van der Waals surface area (Å²) >= 11 is 0. The molecule has 4 nitrogen and oxygen atoms in total. The van der Waals surface area contributed by atoms with Crippen molar-refractivity contribution in [2.75, 3.05) is 26.0 Å². The lowest BCUT2D eigenvalue weighted by atomic mass is 10.1. The smallest absolute Gasteiger partial charge is 0.231 e. The van der Waals surface area contributed by atoms with E-state index in [1.54, 1.807) is 0 Å². The van der Waals surface area contributed by atoms with Gasteiger partial charge in [-0.15, -0.1) is 0 Å². The van der Waals surface area contributed by atoms with Crippen LogP contribution in [0.1, 0.15) is 18.4 Å². The van der Waals surface area contributed by atoms with Gasteiger partial charge < -0.3 is 16.0 Å². The van der Waals surface area contributed by atoms with E-state index in [0.29, 0.717) is 6.54 Å². The molecular weight excluding hydrogens is 226 g/mol. The fraction of sp³-hybridized carbons (Fsp3) is 0.500. The lowest BCUT2D eigenvalue weighted by molar-refractivity contribution is -0.120. The molecule has 1 saturated carbocycles. The number of benzene rings is 1. The van der Waals surface area contributed by atoms with E-state index in [2.05, 4.69) is 10.2 Å². The van der Waals surface area contributed by atoms with Gasteiger partial charge in [0, 0.05) is 18.8 Å². The molecule has 1 aromatic rings. The first-order chi connectivity index (χ1) is 8.55. The third kappa shape index (κ3) is 2.89. The van der Waals surface area contributed by atoms with Crippen molar-refractivity contribution < 1.29 is 4.79 Å². The molecule has 0 aliphatic heterocycles. The quantitative estimate of drug-likeness (QED) is 0.827. The number of carbonyl (C=O) groups is 1. The van der Waals surface area contributed by atoms with Gasteiger partial charge in [0.1, 0.15) is 0 Å². The van der Waals surface area contributed by atoms with Crippen molar-refractivity contribution in [1.82, 2.24) is 4.90 Å². The number of anilines is 1. The predicted octanol–water partition coefficient (Wildman–Crippen LogP) is 1.43. The molecule has 1 aliphatic rings. The molecule has 1 aliphatic carbocycles. The summed E-state index contributed by atoms with van der Waals surface area (Å²) in [6.45, 7) is 1.35. The Bertz CT molecular complexity index is 421. The Kier molecular flexibility index (Phi) is 3.68. The molecule has 0 bridgehead atoms. The lowest BCUT2D eigenvalue weighted by Gasteiger charge is -2.14. The van der Waals surface area contributed by atoms with Crippen LogP contribution in [-0.2, 0) is 11.3 Å². The number of carbonyl (C=O) groups excluding carboxylic acids is 1. The molecule has 1 amide bonds. The molecule has 1 fully saturated rings. The third-order valence-electron chi connectivity index (χ3n) is 3.44. The van der Waals surface area contributed by atoms with Gasteiger partial charge >= 0.3 is 0 Å². The van der Waals surface area contributed by atoms with Gasteiger partial charge in [0.05, 0.1) is 5.41 Å². The molecule has 1 aromatic carbocycles. The summed E-state index contributed by atoms with van der Waals surface area (Å²) in [4.78, 5) is 14.1. The minimum Gasteiger partial charge on any atom is -0.329 e. The third-order valence-corrected chi connectivity index (χ3v) is 3.44. The largest absolute Gasteiger partial charge is 0.329 e. The standard InChI is InChI=1S/C14H21N3O/c1-17(2)9-11-3-5-12(6-4-11)16-13(18)14(10-15)7-8-14/h3-6H,7-10,15H2,1-2H3,(H,16,18). The van der Waals surface area contributed by atoms with Crippen molar-refractivity contribution in [1.29, 1.82) is 0 Å². The highest BCUT2D eigenvalue weighted by atomic mass is 16.2. The normalized spacial score (nSPS) is 16.7. The van der Waals surface area contributed by atoms with Crippen LogP contribution >= 0.6 is 0 Å². The van der Waals surface area contributed by atoms with Crippen LogP contribution in [0.3, 0.4) is 0 Å². The first-order valence-corrected chi connectivity index (χ1v) is 6.31. The summed E-state index contributed by atoms with van der Waals surface area (Å²) in [5.41, 5.74) is 7.43. The van der Waals surface area contributed by atoms with Gasteiger partial charge in [-0.1, -0.05) is 12.1 Å². The predicted molar refractivity (Wildman–Crippen MR) is 73.2 cm³/mol. The van der Waals surface area contributed by atoms with E-state index in [1.807, 2.05) is 38.4 Å². The molecule has 18 heavy (non-hydrogen) atoms. The zero-order valence-corrected chi connectivity index (χ0v) is 11.1. The minimum absolute atomic E-state index is 0.0605. The highest BCUT2D eigenvalue weighted by Gasteiger charge is 2.48. The van der Waals surface area contributed by atoms with Crippen LogP contribution in [0.5, 0.6) is 0 Å². The van der Waals surface area contributed by atoms with Crippen LogP contribution in [0.25, 0.3) is 0 Å². The molecule has 0 saturated heterocycles. The van der Waals surface area contributed by atoms with Crippen LogP contribution < -0.4 is 11.1 Å². The molecule has 0 aromatic heterocycles. The van der Waals surface area contributed by atoms with Crippen molar-refractivity contribution in [2.24, 2.45) is 11.1 Å². The molecule has 0 atom stereocenters. The van der Waals surface area contributed by atoms with E-state index < -0.39 is 0 Å². The monoisotopic (exact) mass is 247 g/mol. The summed E-state index contributed by atoms with van der Waals surface area (Å²) < 4.78 is 0. The second kappa shape index (κ2) is 5.08. The molecule has 98 valence electrons. The maximum Gasteiger partial charge on any atom is 0.231 e. The molecule has 3 N–H and O–H groups in total. The van der Waals surface area contributed by atoms with Gasteiger partial charge in [0.2, 0.25) is 5.91 Å². The van der Waals surface area contributed by atoms with E-state index in [0.717, 1.165) is 25.1 Å². The number of rotatable bonds is 5. The number of nitrogens with zero attached hydrogens (tertiary/aromatic N) is 1. The zero-order valence-electron chi connectivity index (χ0n) is 11.1.